The molecule has 0 bridgehead atoms. The molecule has 2 aromatic heterocycles. The molecule has 0 amide bonds. The predicted molar refractivity (Wildman–Crippen MR) is 124 cm³/mol. The minimum atomic E-state index is -0.150. The molecule has 154 valence electrons. The second-order valence-electron chi connectivity index (χ2n) is 7.21. The lowest BCUT2D eigenvalue weighted by Crippen LogP contribution is -2.26. The Morgan fingerprint density at radius 2 is 2.14 bits per heavy atom. The molecule has 2 atom stereocenters. The summed E-state index contributed by atoms with van der Waals surface area (Å²) in [5.41, 5.74) is 1.12. The van der Waals surface area contributed by atoms with Crippen LogP contribution in [-0.4, -0.2) is 29.0 Å². The van der Waals surface area contributed by atoms with Gasteiger partial charge in [-0.2, -0.15) is 0 Å². The minimum Gasteiger partial charge on any atom is -0.474 e. The molecule has 29 heavy (non-hydrogen) atoms. The van der Waals surface area contributed by atoms with Crippen molar-refractivity contribution in [2.45, 2.75) is 58.3 Å². The van der Waals surface area contributed by atoms with Crippen LogP contribution < -0.4 is 9.47 Å². The van der Waals surface area contributed by atoms with E-state index in [9.17, 15) is 0 Å². The summed E-state index contributed by atoms with van der Waals surface area (Å²) in [6, 6.07) is 8.14. The normalized spacial score (nSPS) is 18.0. The molecule has 0 aliphatic carbocycles. The number of rotatable bonds is 7. The maximum absolute atomic E-state index is 6.28. The minimum absolute atomic E-state index is 0.0501. The number of benzene rings is 1. The van der Waals surface area contributed by atoms with Crippen LogP contribution in [0.4, 0.5) is 0 Å². The fraction of sp³-hybridized carbons (Fsp3) is 0.455. The van der Waals surface area contributed by atoms with Gasteiger partial charge in [-0.25, -0.2) is 9.97 Å². The van der Waals surface area contributed by atoms with Crippen molar-refractivity contribution >= 4 is 44.1 Å². The van der Waals surface area contributed by atoms with Crippen molar-refractivity contribution in [3.05, 3.63) is 44.6 Å². The molecular formula is C22H25IN2O3S. The first-order chi connectivity index (χ1) is 14.2. The zero-order valence-electron chi connectivity index (χ0n) is 16.7. The summed E-state index contributed by atoms with van der Waals surface area (Å²) in [7, 11) is 0. The first-order valence-electron chi connectivity index (χ1n) is 10.1. The second kappa shape index (κ2) is 9.57. The van der Waals surface area contributed by atoms with Crippen LogP contribution in [0.5, 0.6) is 11.6 Å². The van der Waals surface area contributed by atoms with Gasteiger partial charge in [0.1, 0.15) is 23.0 Å². The fourth-order valence-corrected chi connectivity index (χ4v) is 5.85. The molecule has 3 aromatic rings. The van der Waals surface area contributed by atoms with Gasteiger partial charge in [0.2, 0.25) is 5.88 Å². The third kappa shape index (κ3) is 4.83. The van der Waals surface area contributed by atoms with Gasteiger partial charge >= 0.3 is 0 Å². The van der Waals surface area contributed by atoms with Gasteiger partial charge in [0.25, 0.3) is 0 Å². The third-order valence-corrected chi connectivity index (χ3v) is 7.77. The largest absolute Gasteiger partial charge is 0.474 e. The molecule has 0 spiro atoms. The predicted octanol–water partition coefficient (Wildman–Crippen LogP) is 5.77. The van der Waals surface area contributed by atoms with Crippen LogP contribution in [0.1, 0.15) is 43.6 Å². The highest BCUT2D eigenvalue weighted by Crippen LogP contribution is 2.36. The molecule has 4 rings (SSSR count). The molecular weight excluding hydrogens is 499 g/mol. The van der Waals surface area contributed by atoms with Gasteiger partial charge in [0.15, 0.2) is 6.29 Å². The van der Waals surface area contributed by atoms with Crippen LogP contribution in [0.2, 0.25) is 0 Å². The van der Waals surface area contributed by atoms with Gasteiger partial charge in [-0.3, -0.25) is 0 Å². The molecule has 1 aromatic carbocycles. The Morgan fingerprint density at radius 3 is 2.93 bits per heavy atom. The van der Waals surface area contributed by atoms with Gasteiger partial charge in [-0.1, -0.05) is 25.1 Å². The zero-order chi connectivity index (χ0) is 20.2. The van der Waals surface area contributed by atoms with Crippen LogP contribution in [-0.2, 0) is 17.6 Å². The molecule has 7 heteroatoms. The van der Waals surface area contributed by atoms with Crippen molar-refractivity contribution in [1.82, 2.24) is 9.97 Å². The number of para-hydroxylation sites is 1. The van der Waals surface area contributed by atoms with Crippen molar-refractivity contribution in [1.29, 1.82) is 0 Å². The van der Waals surface area contributed by atoms with E-state index in [1.807, 2.05) is 18.2 Å². The van der Waals surface area contributed by atoms with E-state index < -0.39 is 0 Å². The van der Waals surface area contributed by atoms with Crippen molar-refractivity contribution in [3.8, 4) is 11.6 Å². The SMILES string of the molecule is CCc1sc2ncnc(O[C@H](C)Cc3ccccc3OC3CCCCO3)c2c1I. The van der Waals surface area contributed by atoms with Crippen molar-refractivity contribution in [3.63, 3.8) is 0 Å². The Hall–Kier alpha value is -1.45. The standard InChI is InChI=1S/C22H25IN2O3S/c1-3-17-20(23)19-21(24-13-25-22(19)29-17)27-14(2)12-15-8-4-5-9-16(15)28-18-10-6-7-11-26-18/h4-5,8-9,13-14,18H,3,6-7,10-12H2,1-2H3/t14-,18?/m1/s1. The molecule has 1 fully saturated rings. The molecule has 0 saturated carbocycles. The highest BCUT2D eigenvalue weighted by Gasteiger charge is 2.20. The fourth-order valence-electron chi connectivity index (χ4n) is 3.51. The third-order valence-electron chi connectivity index (χ3n) is 4.97. The maximum Gasteiger partial charge on any atom is 0.226 e. The van der Waals surface area contributed by atoms with E-state index >= 15 is 0 Å². The van der Waals surface area contributed by atoms with E-state index in [1.165, 1.54) is 8.45 Å². The molecule has 0 N–H and O–H groups in total. The topological polar surface area (TPSA) is 53.5 Å². The number of ether oxygens (including phenoxy) is 3. The molecule has 1 saturated heterocycles. The van der Waals surface area contributed by atoms with Gasteiger partial charge in [0, 0.05) is 21.3 Å². The molecule has 5 nitrogen and oxygen atoms in total. The Labute approximate surface area is 188 Å². The van der Waals surface area contributed by atoms with Crippen LogP contribution in [0.25, 0.3) is 10.2 Å². The molecule has 1 aliphatic heterocycles. The number of thiophene rings is 1. The Balaban J connectivity index is 1.50. The van der Waals surface area contributed by atoms with Crippen LogP contribution in [0, 0.1) is 3.57 Å². The summed E-state index contributed by atoms with van der Waals surface area (Å²) in [6.07, 6.45) is 6.31. The summed E-state index contributed by atoms with van der Waals surface area (Å²) in [5.74, 6) is 1.54. The lowest BCUT2D eigenvalue weighted by atomic mass is 10.1. The Bertz CT molecular complexity index is 972. The van der Waals surface area contributed by atoms with Crippen molar-refractivity contribution in [2.24, 2.45) is 0 Å². The number of nitrogens with zero attached hydrogens (tertiary/aromatic N) is 2. The Kier molecular flexibility index (Phi) is 6.87. The summed E-state index contributed by atoms with van der Waals surface area (Å²) >= 11 is 4.10. The van der Waals surface area contributed by atoms with Crippen LogP contribution in [0.3, 0.4) is 0 Å². The van der Waals surface area contributed by atoms with E-state index in [0.29, 0.717) is 5.88 Å². The summed E-state index contributed by atoms with van der Waals surface area (Å²) in [6.45, 7) is 5.01. The number of fused-ring (bicyclic) bond motifs is 1. The number of aromatic nitrogens is 2. The summed E-state index contributed by atoms with van der Waals surface area (Å²) in [5, 5.41) is 1.03. The number of aryl methyl sites for hydroxylation is 1. The average Bonchev–Trinajstić information content (AvgIpc) is 3.07. The van der Waals surface area contributed by atoms with Gasteiger partial charge in [-0.15, -0.1) is 11.3 Å². The van der Waals surface area contributed by atoms with Crippen LogP contribution in [0.15, 0.2) is 30.6 Å². The number of hydrogen-bond donors (Lipinski definition) is 0. The second-order valence-corrected chi connectivity index (χ2v) is 9.37. The van der Waals surface area contributed by atoms with E-state index in [-0.39, 0.29) is 12.4 Å². The monoisotopic (exact) mass is 524 g/mol. The lowest BCUT2D eigenvalue weighted by Gasteiger charge is -2.25. The van der Waals surface area contributed by atoms with Gasteiger partial charge < -0.3 is 14.2 Å². The number of hydrogen-bond acceptors (Lipinski definition) is 6. The zero-order valence-corrected chi connectivity index (χ0v) is 19.7. The number of halogens is 1. The summed E-state index contributed by atoms with van der Waals surface area (Å²) in [4.78, 5) is 11.2. The summed E-state index contributed by atoms with van der Waals surface area (Å²) < 4.78 is 19.4. The smallest absolute Gasteiger partial charge is 0.226 e. The molecule has 1 aliphatic rings. The highest BCUT2D eigenvalue weighted by molar-refractivity contribution is 14.1. The highest BCUT2D eigenvalue weighted by atomic mass is 127. The van der Waals surface area contributed by atoms with Gasteiger partial charge in [-0.05, 0) is 60.4 Å². The van der Waals surface area contributed by atoms with E-state index in [4.69, 9.17) is 14.2 Å². The molecule has 0 radical (unpaired) electrons. The van der Waals surface area contributed by atoms with Crippen molar-refractivity contribution in [2.75, 3.05) is 6.61 Å². The van der Waals surface area contributed by atoms with E-state index in [1.54, 1.807) is 17.7 Å². The first kappa shape index (κ1) is 20.8. The van der Waals surface area contributed by atoms with E-state index in [0.717, 1.165) is 60.2 Å². The van der Waals surface area contributed by atoms with Crippen LogP contribution >= 0.6 is 33.9 Å². The van der Waals surface area contributed by atoms with E-state index in [2.05, 4.69) is 52.5 Å². The van der Waals surface area contributed by atoms with Crippen molar-refractivity contribution < 1.29 is 14.2 Å². The molecule has 3 heterocycles. The Morgan fingerprint density at radius 1 is 1.28 bits per heavy atom. The molecule has 1 unspecified atom stereocenters. The quantitative estimate of drug-likeness (QED) is 0.367. The maximum atomic E-state index is 6.28. The average molecular weight is 524 g/mol. The first-order valence-corrected chi connectivity index (χ1v) is 12.0. The van der Waals surface area contributed by atoms with Gasteiger partial charge in [0.05, 0.1) is 12.0 Å². The lowest BCUT2D eigenvalue weighted by molar-refractivity contribution is -0.106.